The molecule has 1 aromatic carbocycles. The summed E-state index contributed by atoms with van der Waals surface area (Å²) < 4.78 is 37.1. The molecule has 0 aliphatic rings. The lowest BCUT2D eigenvalue weighted by molar-refractivity contribution is -0.385. The molecule has 0 heterocycles. The number of benzene rings is 1. The van der Waals surface area contributed by atoms with Crippen LogP contribution in [0.2, 0.25) is 0 Å². The van der Waals surface area contributed by atoms with Crippen LogP contribution in [0.4, 0.5) is 24.5 Å². The molecule has 9 heteroatoms. The van der Waals surface area contributed by atoms with Gasteiger partial charge in [-0.25, -0.2) is 0 Å². The van der Waals surface area contributed by atoms with Crippen molar-refractivity contribution in [3.05, 3.63) is 33.9 Å². The number of hydrogen-bond acceptors (Lipinski definition) is 5. The van der Waals surface area contributed by atoms with E-state index in [1.54, 1.807) is 0 Å². The highest BCUT2D eigenvalue weighted by Crippen LogP contribution is 2.26. The average molecular weight is 322 g/mol. The molecule has 0 aromatic heterocycles. The van der Waals surface area contributed by atoms with Gasteiger partial charge in [0.25, 0.3) is 5.69 Å². The molecule has 0 radical (unpaired) electrons. The van der Waals surface area contributed by atoms with Crippen molar-refractivity contribution in [3.63, 3.8) is 0 Å². The van der Waals surface area contributed by atoms with Crippen LogP contribution in [0.3, 0.4) is 0 Å². The number of aliphatic hydroxyl groups excluding tert-OH is 2. The van der Waals surface area contributed by atoms with Gasteiger partial charge in [0.1, 0.15) is 0 Å². The molecule has 0 aliphatic carbocycles. The highest BCUT2D eigenvalue weighted by Gasteiger charge is 2.28. The monoisotopic (exact) mass is 322 g/mol. The minimum Gasteiger partial charge on any atom is -0.394 e. The second-order valence-corrected chi connectivity index (χ2v) is 4.88. The van der Waals surface area contributed by atoms with Crippen LogP contribution in [-0.2, 0) is 0 Å². The summed E-state index contributed by atoms with van der Waals surface area (Å²) in [6.45, 7) is 0.266. The highest BCUT2D eigenvalue weighted by atomic mass is 19.4. The van der Waals surface area contributed by atoms with Gasteiger partial charge in [-0.3, -0.25) is 10.1 Å². The van der Waals surface area contributed by atoms with Gasteiger partial charge in [0.15, 0.2) is 0 Å². The first kappa shape index (κ1) is 18.2. The number of halogens is 3. The Bertz CT molecular complexity index is 522. The number of nitrogens with zero attached hydrogens (tertiary/aromatic N) is 2. The van der Waals surface area contributed by atoms with Crippen LogP contribution in [0, 0.1) is 17.0 Å². The molecule has 0 amide bonds. The first-order chi connectivity index (χ1) is 10.1. The number of alkyl halides is 3. The largest absolute Gasteiger partial charge is 0.394 e. The third-order valence-corrected chi connectivity index (χ3v) is 3.05. The third kappa shape index (κ3) is 5.49. The molecule has 0 unspecified atom stereocenters. The molecule has 2 N–H and O–H groups in total. The van der Waals surface area contributed by atoms with Gasteiger partial charge in [-0.1, -0.05) is 0 Å². The maximum atomic E-state index is 12.4. The molecule has 1 aromatic rings. The molecule has 0 saturated carbocycles. The van der Waals surface area contributed by atoms with Gasteiger partial charge >= 0.3 is 6.18 Å². The van der Waals surface area contributed by atoms with Crippen molar-refractivity contribution >= 4 is 11.4 Å². The smallest absolute Gasteiger partial charge is 0.390 e. The molecule has 1 atom stereocenters. The molecule has 0 fully saturated rings. The quantitative estimate of drug-likeness (QED) is 0.592. The number of nitro groups is 1. The van der Waals surface area contributed by atoms with E-state index in [0.717, 1.165) is 0 Å². The number of anilines is 1. The topological polar surface area (TPSA) is 86.8 Å². The van der Waals surface area contributed by atoms with Crippen LogP contribution in [0.5, 0.6) is 0 Å². The molecule has 0 spiro atoms. The Kier molecular flexibility index (Phi) is 6.12. The van der Waals surface area contributed by atoms with Gasteiger partial charge in [-0.15, -0.1) is 0 Å². The predicted octanol–water partition coefficient (Wildman–Crippen LogP) is 2.02. The van der Waals surface area contributed by atoms with E-state index in [2.05, 4.69) is 0 Å². The summed E-state index contributed by atoms with van der Waals surface area (Å²) in [4.78, 5) is 11.4. The Morgan fingerprint density at radius 3 is 2.50 bits per heavy atom. The van der Waals surface area contributed by atoms with E-state index in [0.29, 0.717) is 11.3 Å². The third-order valence-electron chi connectivity index (χ3n) is 3.05. The highest BCUT2D eigenvalue weighted by molar-refractivity contribution is 5.55. The van der Waals surface area contributed by atoms with Crippen molar-refractivity contribution < 1.29 is 28.3 Å². The van der Waals surface area contributed by atoms with Crippen LogP contribution in [0.25, 0.3) is 0 Å². The number of nitro benzene ring substituents is 1. The summed E-state index contributed by atoms with van der Waals surface area (Å²) >= 11 is 0. The standard InChI is InChI=1S/C13H17F3N2O4/c1-9-6-10(2-3-12(9)18(21)22)17(7-11(20)8-19)5-4-13(14,15)16/h2-3,6,11,19-20H,4-5,7-8H2,1H3/t11-/m0/s1. The van der Waals surface area contributed by atoms with E-state index >= 15 is 0 Å². The van der Waals surface area contributed by atoms with Crippen molar-refractivity contribution in [3.8, 4) is 0 Å². The maximum Gasteiger partial charge on any atom is 0.390 e. The normalized spacial score (nSPS) is 13.0. The van der Waals surface area contributed by atoms with Gasteiger partial charge in [0, 0.05) is 30.4 Å². The van der Waals surface area contributed by atoms with Gasteiger partial charge in [0.05, 0.1) is 24.1 Å². The zero-order chi connectivity index (χ0) is 16.9. The van der Waals surface area contributed by atoms with E-state index in [4.69, 9.17) is 5.11 Å². The molecule has 1 rings (SSSR count). The minimum atomic E-state index is -4.36. The lowest BCUT2D eigenvalue weighted by Gasteiger charge is -2.27. The summed E-state index contributed by atoms with van der Waals surface area (Å²) in [7, 11) is 0. The van der Waals surface area contributed by atoms with Crippen molar-refractivity contribution in [2.24, 2.45) is 0 Å². The molecule has 6 nitrogen and oxygen atoms in total. The van der Waals surface area contributed by atoms with Crippen LogP contribution in [0.15, 0.2) is 18.2 Å². The number of rotatable bonds is 7. The Hall–Kier alpha value is -1.87. The van der Waals surface area contributed by atoms with E-state index in [9.17, 15) is 28.4 Å². The van der Waals surface area contributed by atoms with Gasteiger partial charge in [-0.2, -0.15) is 13.2 Å². The molecule has 0 aliphatic heterocycles. The number of aryl methyl sites for hydroxylation is 1. The molecular formula is C13H17F3N2O4. The van der Waals surface area contributed by atoms with E-state index in [1.165, 1.54) is 30.0 Å². The van der Waals surface area contributed by atoms with Crippen molar-refractivity contribution in [2.75, 3.05) is 24.6 Å². The zero-order valence-corrected chi connectivity index (χ0v) is 11.9. The lowest BCUT2D eigenvalue weighted by atomic mass is 10.1. The number of hydrogen-bond donors (Lipinski definition) is 2. The maximum absolute atomic E-state index is 12.4. The molecule has 124 valence electrons. The fourth-order valence-electron chi connectivity index (χ4n) is 1.94. The van der Waals surface area contributed by atoms with Crippen LogP contribution < -0.4 is 4.90 Å². The fraction of sp³-hybridized carbons (Fsp3) is 0.538. The predicted molar refractivity (Wildman–Crippen MR) is 73.8 cm³/mol. The second-order valence-electron chi connectivity index (χ2n) is 4.88. The van der Waals surface area contributed by atoms with Crippen LogP contribution in [0.1, 0.15) is 12.0 Å². The Labute approximate surface area is 124 Å². The molecular weight excluding hydrogens is 305 g/mol. The van der Waals surface area contributed by atoms with Crippen molar-refractivity contribution in [1.29, 1.82) is 0 Å². The summed E-state index contributed by atoms with van der Waals surface area (Å²) in [5.74, 6) is 0. The number of aliphatic hydroxyl groups is 2. The molecule has 0 bridgehead atoms. The summed E-state index contributed by atoms with van der Waals surface area (Å²) in [6, 6.07) is 3.92. The first-order valence-electron chi connectivity index (χ1n) is 6.49. The Morgan fingerprint density at radius 2 is 2.05 bits per heavy atom. The van der Waals surface area contributed by atoms with Gasteiger partial charge in [-0.05, 0) is 19.1 Å². The van der Waals surface area contributed by atoms with E-state index < -0.39 is 36.8 Å². The first-order valence-corrected chi connectivity index (χ1v) is 6.49. The SMILES string of the molecule is Cc1cc(N(CCC(F)(F)F)C[C@H](O)CO)ccc1[N+](=O)[O-]. The minimum absolute atomic E-state index is 0.137. The summed E-state index contributed by atoms with van der Waals surface area (Å²) in [5, 5.41) is 29.0. The van der Waals surface area contributed by atoms with Crippen LogP contribution in [-0.4, -0.2) is 47.1 Å². The second kappa shape index (κ2) is 7.41. The zero-order valence-electron chi connectivity index (χ0n) is 11.9. The summed E-state index contributed by atoms with van der Waals surface area (Å²) in [6.07, 6.45) is -6.66. The van der Waals surface area contributed by atoms with Gasteiger partial charge in [0.2, 0.25) is 0 Å². The van der Waals surface area contributed by atoms with Crippen molar-refractivity contribution in [1.82, 2.24) is 0 Å². The fourth-order valence-corrected chi connectivity index (χ4v) is 1.94. The Balaban J connectivity index is 2.99. The van der Waals surface area contributed by atoms with E-state index in [1.807, 2.05) is 0 Å². The Morgan fingerprint density at radius 1 is 1.41 bits per heavy atom. The average Bonchev–Trinajstić information content (AvgIpc) is 2.41. The molecule has 22 heavy (non-hydrogen) atoms. The molecule has 0 saturated heterocycles. The van der Waals surface area contributed by atoms with Crippen molar-refractivity contribution in [2.45, 2.75) is 25.6 Å². The lowest BCUT2D eigenvalue weighted by Crippen LogP contribution is -2.36. The van der Waals surface area contributed by atoms with Gasteiger partial charge < -0.3 is 15.1 Å². The summed E-state index contributed by atoms with van der Waals surface area (Å²) in [5.41, 5.74) is 0.486. The van der Waals surface area contributed by atoms with Crippen LogP contribution >= 0.6 is 0 Å². The van der Waals surface area contributed by atoms with E-state index in [-0.39, 0.29) is 12.2 Å².